The van der Waals surface area contributed by atoms with Crippen LogP contribution in [0.1, 0.15) is 32.6 Å². The average molecular weight is 161 g/mol. The van der Waals surface area contributed by atoms with Gasteiger partial charge in [0.1, 0.15) is 0 Å². The summed E-state index contributed by atoms with van der Waals surface area (Å²) in [6.07, 6.45) is 12.5. The molecule has 0 bridgehead atoms. The molecule has 0 saturated carbocycles. The van der Waals surface area contributed by atoms with Gasteiger partial charge in [-0.3, -0.25) is 0 Å². The van der Waals surface area contributed by atoms with Crippen molar-refractivity contribution in [2.75, 3.05) is 0 Å². The quantitative estimate of drug-likeness (QED) is 0.583. The number of nitriles is 1. The van der Waals surface area contributed by atoms with E-state index >= 15 is 0 Å². The van der Waals surface area contributed by atoms with Crippen molar-refractivity contribution < 1.29 is 0 Å². The summed E-state index contributed by atoms with van der Waals surface area (Å²) in [5.41, 5.74) is -0.283. The van der Waals surface area contributed by atoms with Crippen molar-refractivity contribution in [3.05, 3.63) is 24.3 Å². The average Bonchev–Trinajstić information content (AvgIpc) is 2.16. The van der Waals surface area contributed by atoms with E-state index in [0.29, 0.717) is 0 Å². The minimum Gasteiger partial charge on any atom is -0.197 e. The maximum Gasteiger partial charge on any atom is 0.0933 e. The predicted molar refractivity (Wildman–Crippen MR) is 50.5 cm³/mol. The lowest BCUT2D eigenvalue weighted by Gasteiger charge is -2.20. The molecule has 1 aliphatic carbocycles. The molecule has 1 rings (SSSR count). The fraction of sp³-hybridized carbons (Fsp3) is 0.545. The highest BCUT2D eigenvalue weighted by Crippen LogP contribution is 2.30. The van der Waals surface area contributed by atoms with Gasteiger partial charge < -0.3 is 0 Å². The SMILES string of the molecule is CCCCC1(C#N)C=CCC=C1. The van der Waals surface area contributed by atoms with E-state index in [2.05, 4.69) is 25.1 Å². The van der Waals surface area contributed by atoms with Gasteiger partial charge in [0, 0.05) is 0 Å². The molecular weight excluding hydrogens is 146 g/mol. The first-order chi connectivity index (χ1) is 5.83. The number of nitrogens with zero attached hydrogens (tertiary/aromatic N) is 1. The van der Waals surface area contributed by atoms with Crippen LogP contribution < -0.4 is 0 Å². The molecule has 0 amide bonds. The second-order valence-electron chi connectivity index (χ2n) is 3.30. The van der Waals surface area contributed by atoms with E-state index in [-0.39, 0.29) is 5.41 Å². The van der Waals surface area contributed by atoms with Crippen molar-refractivity contribution in [1.29, 1.82) is 5.26 Å². The van der Waals surface area contributed by atoms with Crippen LogP contribution in [0, 0.1) is 16.7 Å². The van der Waals surface area contributed by atoms with Crippen molar-refractivity contribution in [2.45, 2.75) is 32.6 Å². The summed E-state index contributed by atoms with van der Waals surface area (Å²) in [5, 5.41) is 9.02. The van der Waals surface area contributed by atoms with Crippen molar-refractivity contribution in [1.82, 2.24) is 0 Å². The molecule has 12 heavy (non-hydrogen) atoms. The maximum absolute atomic E-state index is 9.02. The Balaban J connectivity index is 2.63. The third-order valence-corrected chi connectivity index (χ3v) is 2.25. The van der Waals surface area contributed by atoms with Gasteiger partial charge in [-0.05, 0) is 12.8 Å². The zero-order valence-corrected chi connectivity index (χ0v) is 7.59. The van der Waals surface area contributed by atoms with Gasteiger partial charge in [0.2, 0.25) is 0 Å². The maximum atomic E-state index is 9.02. The van der Waals surface area contributed by atoms with Gasteiger partial charge in [0.25, 0.3) is 0 Å². The zero-order valence-electron chi connectivity index (χ0n) is 7.59. The molecule has 0 spiro atoms. The Morgan fingerprint density at radius 1 is 1.42 bits per heavy atom. The molecule has 64 valence electrons. The molecule has 0 atom stereocenters. The third-order valence-electron chi connectivity index (χ3n) is 2.25. The molecule has 1 heteroatoms. The fourth-order valence-electron chi connectivity index (χ4n) is 1.46. The van der Waals surface area contributed by atoms with Crippen LogP contribution in [0.15, 0.2) is 24.3 Å². The van der Waals surface area contributed by atoms with Gasteiger partial charge in [-0.25, -0.2) is 0 Å². The van der Waals surface area contributed by atoms with Crippen LogP contribution in [-0.2, 0) is 0 Å². The van der Waals surface area contributed by atoms with Crippen molar-refractivity contribution in [2.24, 2.45) is 5.41 Å². The topological polar surface area (TPSA) is 23.8 Å². The summed E-state index contributed by atoms with van der Waals surface area (Å²) in [6.45, 7) is 2.15. The van der Waals surface area contributed by atoms with Crippen LogP contribution in [0.3, 0.4) is 0 Å². The van der Waals surface area contributed by atoms with E-state index < -0.39 is 0 Å². The van der Waals surface area contributed by atoms with Crippen LogP contribution in [0.5, 0.6) is 0 Å². The van der Waals surface area contributed by atoms with E-state index in [4.69, 9.17) is 5.26 Å². The Morgan fingerprint density at radius 2 is 2.08 bits per heavy atom. The summed E-state index contributed by atoms with van der Waals surface area (Å²) < 4.78 is 0. The molecule has 0 N–H and O–H groups in total. The van der Waals surface area contributed by atoms with E-state index in [1.807, 2.05) is 12.2 Å². The molecule has 1 aliphatic rings. The first kappa shape index (κ1) is 9.06. The lowest BCUT2D eigenvalue weighted by Crippen LogP contribution is -2.13. The zero-order chi connectivity index (χ0) is 8.86. The van der Waals surface area contributed by atoms with E-state index in [0.717, 1.165) is 25.7 Å². The summed E-state index contributed by atoms with van der Waals surface area (Å²) in [6, 6.07) is 2.38. The highest BCUT2D eigenvalue weighted by atomic mass is 14.3. The van der Waals surface area contributed by atoms with Gasteiger partial charge in [0.15, 0.2) is 0 Å². The van der Waals surface area contributed by atoms with E-state index in [1.165, 1.54) is 0 Å². The van der Waals surface area contributed by atoms with Gasteiger partial charge in [-0.2, -0.15) is 5.26 Å². The molecule has 1 nitrogen and oxygen atoms in total. The first-order valence-electron chi connectivity index (χ1n) is 4.59. The monoisotopic (exact) mass is 161 g/mol. The molecule has 0 fully saturated rings. The molecule has 0 heterocycles. The van der Waals surface area contributed by atoms with Crippen LogP contribution in [0.4, 0.5) is 0 Å². The van der Waals surface area contributed by atoms with Gasteiger partial charge in [0.05, 0.1) is 11.5 Å². The number of rotatable bonds is 3. The van der Waals surface area contributed by atoms with Gasteiger partial charge in [-0.1, -0.05) is 44.1 Å². The summed E-state index contributed by atoms with van der Waals surface area (Å²) >= 11 is 0. The van der Waals surface area contributed by atoms with Crippen molar-refractivity contribution in [3.63, 3.8) is 0 Å². The smallest absolute Gasteiger partial charge is 0.0933 e. The molecule has 0 saturated heterocycles. The Hall–Kier alpha value is -1.03. The summed E-state index contributed by atoms with van der Waals surface area (Å²) in [7, 11) is 0. The highest BCUT2D eigenvalue weighted by molar-refractivity contribution is 5.26. The highest BCUT2D eigenvalue weighted by Gasteiger charge is 2.23. The lowest BCUT2D eigenvalue weighted by atomic mass is 9.81. The molecule has 0 aromatic heterocycles. The molecular formula is C11H15N. The van der Waals surface area contributed by atoms with Crippen LogP contribution in [0.2, 0.25) is 0 Å². The Kier molecular flexibility index (Phi) is 3.10. The van der Waals surface area contributed by atoms with Crippen molar-refractivity contribution in [3.8, 4) is 6.07 Å². The van der Waals surface area contributed by atoms with E-state index in [9.17, 15) is 0 Å². The second kappa shape index (κ2) is 4.11. The minimum atomic E-state index is -0.283. The Morgan fingerprint density at radius 3 is 2.58 bits per heavy atom. The Labute approximate surface area is 74.4 Å². The molecule has 0 aliphatic heterocycles. The summed E-state index contributed by atoms with van der Waals surface area (Å²) in [4.78, 5) is 0. The van der Waals surface area contributed by atoms with Gasteiger partial charge >= 0.3 is 0 Å². The van der Waals surface area contributed by atoms with Crippen molar-refractivity contribution >= 4 is 0 Å². The molecule has 0 aromatic carbocycles. The molecule has 0 aromatic rings. The molecule has 0 unspecified atom stereocenters. The van der Waals surface area contributed by atoms with Crippen LogP contribution >= 0.6 is 0 Å². The third kappa shape index (κ3) is 1.98. The largest absolute Gasteiger partial charge is 0.197 e. The second-order valence-corrected chi connectivity index (χ2v) is 3.30. The van der Waals surface area contributed by atoms with Crippen LogP contribution in [0.25, 0.3) is 0 Å². The number of hydrogen-bond acceptors (Lipinski definition) is 1. The fourth-order valence-corrected chi connectivity index (χ4v) is 1.46. The minimum absolute atomic E-state index is 0.283. The molecule has 0 radical (unpaired) electrons. The number of allylic oxidation sites excluding steroid dienone is 4. The predicted octanol–water partition coefficient (Wildman–Crippen LogP) is 3.20. The summed E-state index contributed by atoms with van der Waals surface area (Å²) in [5.74, 6) is 0. The number of unbranched alkanes of at least 4 members (excludes halogenated alkanes) is 1. The first-order valence-corrected chi connectivity index (χ1v) is 4.59. The van der Waals surface area contributed by atoms with Crippen LogP contribution in [-0.4, -0.2) is 0 Å². The van der Waals surface area contributed by atoms with E-state index in [1.54, 1.807) is 0 Å². The van der Waals surface area contributed by atoms with Gasteiger partial charge in [-0.15, -0.1) is 0 Å². The standard InChI is InChI=1S/C11H15N/c1-2-3-7-11(10-12)8-5-4-6-9-11/h5-6,8-9H,2-4,7H2,1H3. The lowest BCUT2D eigenvalue weighted by molar-refractivity contribution is 0.535. The normalized spacial score (nSPS) is 19.0. The Bertz CT molecular complexity index is 218. The number of hydrogen-bond donors (Lipinski definition) is 0.